The average molecular weight is 386 g/mol. The molecule has 27 heavy (non-hydrogen) atoms. The lowest BCUT2D eigenvalue weighted by molar-refractivity contribution is -0.125. The Hall–Kier alpha value is -2.13. The van der Waals surface area contributed by atoms with Crippen molar-refractivity contribution < 1.29 is 22.8 Å². The van der Waals surface area contributed by atoms with Crippen molar-refractivity contribution in [1.29, 1.82) is 0 Å². The maximum Gasteiger partial charge on any atom is 0.241 e. The Labute approximate surface area is 156 Å². The fraction of sp³-hybridized carbons (Fsp3) is 0.556. The van der Waals surface area contributed by atoms with Gasteiger partial charge in [-0.2, -0.15) is 0 Å². The summed E-state index contributed by atoms with van der Waals surface area (Å²) in [5.74, 6) is -4.90. The number of halogens is 3. The van der Waals surface area contributed by atoms with Crippen LogP contribution in [-0.2, 0) is 9.59 Å². The number of benzene rings is 1. The lowest BCUT2D eigenvalue weighted by atomic mass is 10.2. The summed E-state index contributed by atoms with van der Waals surface area (Å²) in [6.07, 6.45) is 0. The largest absolute Gasteiger partial charge is 0.353 e. The minimum atomic E-state index is -1.62. The Morgan fingerprint density at radius 3 is 2.26 bits per heavy atom. The topological polar surface area (TPSA) is 64.7 Å². The van der Waals surface area contributed by atoms with Crippen LogP contribution in [0.4, 0.5) is 18.9 Å². The van der Waals surface area contributed by atoms with Gasteiger partial charge in [0.25, 0.3) is 0 Å². The van der Waals surface area contributed by atoms with E-state index in [1.807, 2.05) is 23.6 Å². The van der Waals surface area contributed by atoms with E-state index < -0.39 is 35.1 Å². The van der Waals surface area contributed by atoms with E-state index in [0.29, 0.717) is 32.7 Å². The lowest BCUT2D eigenvalue weighted by Crippen LogP contribution is -2.54. The van der Waals surface area contributed by atoms with E-state index in [2.05, 4.69) is 10.6 Å². The highest BCUT2D eigenvalue weighted by molar-refractivity contribution is 5.94. The van der Waals surface area contributed by atoms with E-state index in [1.54, 1.807) is 6.92 Å². The number of hydrogen-bond acceptors (Lipinski definition) is 4. The third-order valence-corrected chi connectivity index (χ3v) is 4.44. The monoisotopic (exact) mass is 386 g/mol. The van der Waals surface area contributed by atoms with E-state index in [-0.39, 0.29) is 11.9 Å². The van der Waals surface area contributed by atoms with E-state index in [9.17, 15) is 22.8 Å². The lowest BCUT2D eigenvalue weighted by Gasteiger charge is -2.37. The molecule has 1 heterocycles. The van der Waals surface area contributed by atoms with Crippen LogP contribution in [0.5, 0.6) is 0 Å². The van der Waals surface area contributed by atoms with Gasteiger partial charge in [0.05, 0.1) is 18.3 Å². The molecule has 1 aromatic rings. The first-order valence-electron chi connectivity index (χ1n) is 8.89. The molecule has 2 rings (SSSR count). The van der Waals surface area contributed by atoms with Crippen LogP contribution in [0.25, 0.3) is 0 Å². The van der Waals surface area contributed by atoms with Crippen molar-refractivity contribution in [3.63, 3.8) is 0 Å². The molecule has 9 heteroatoms. The zero-order valence-corrected chi connectivity index (χ0v) is 15.7. The third-order valence-electron chi connectivity index (χ3n) is 4.44. The molecule has 1 aliphatic rings. The van der Waals surface area contributed by atoms with Crippen molar-refractivity contribution in [3.8, 4) is 0 Å². The molecule has 150 valence electrons. The highest BCUT2D eigenvalue weighted by Gasteiger charge is 2.27. The van der Waals surface area contributed by atoms with Crippen LogP contribution < -0.4 is 10.6 Å². The van der Waals surface area contributed by atoms with Crippen molar-refractivity contribution in [1.82, 2.24) is 15.1 Å². The molecule has 0 aliphatic carbocycles. The van der Waals surface area contributed by atoms with Gasteiger partial charge < -0.3 is 10.6 Å². The molecule has 1 fully saturated rings. The molecule has 1 unspecified atom stereocenters. The van der Waals surface area contributed by atoms with Crippen LogP contribution in [0.3, 0.4) is 0 Å². The Morgan fingerprint density at radius 1 is 1.04 bits per heavy atom. The van der Waals surface area contributed by atoms with Gasteiger partial charge in [0.15, 0.2) is 17.5 Å². The standard InChI is InChI=1S/C18H25F3N4O2/c1-11(2)22-15(26)10-24-6-8-25(9-7-24)12(3)18(27)23-14-5-4-13(19)16(20)17(14)21/h4-5,11-12H,6-10H2,1-3H3,(H,22,26)(H,23,27). The number of nitrogens with zero attached hydrogens (tertiary/aromatic N) is 2. The number of carbonyl (C=O) groups is 2. The van der Waals surface area contributed by atoms with Crippen molar-refractivity contribution in [3.05, 3.63) is 29.6 Å². The maximum atomic E-state index is 13.7. The molecular formula is C18H25F3N4O2. The highest BCUT2D eigenvalue weighted by atomic mass is 19.2. The van der Waals surface area contributed by atoms with Crippen LogP contribution in [0.2, 0.25) is 0 Å². The smallest absolute Gasteiger partial charge is 0.241 e. The summed E-state index contributed by atoms with van der Waals surface area (Å²) in [4.78, 5) is 28.0. The Morgan fingerprint density at radius 2 is 1.67 bits per heavy atom. The van der Waals surface area contributed by atoms with E-state index in [1.165, 1.54) is 0 Å². The molecule has 1 aromatic carbocycles. The van der Waals surface area contributed by atoms with Gasteiger partial charge in [-0.15, -0.1) is 0 Å². The molecule has 2 amide bonds. The molecule has 0 bridgehead atoms. The second-order valence-electron chi connectivity index (χ2n) is 6.92. The number of carbonyl (C=O) groups excluding carboxylic acids is 2. The van der Waals surface area contributed by atoms with Gasteiger partial charge >= 0.3 is 0 Å². The van der Waals surface area contributed by atoms with E-state index >= 15 is 0 Å². The summed E-state index contributed by atoms with van der Waals surface area (Å²) < 4.78 is 40.0. The molecule has 0 aromatic heterocycles. The first kappa shape index (κ1) is 21.2. The van der Waals surface area contributed by atoms with Gasteiger partial charge in [-0.3, -0.25) is 19.4 Å². The second-order valence-corrected chi connectivity index (χ2v) is 6.92. The molecule has 6 nitrogen and oxygen atoms in total. The van der Waals surface area contributed by atoms with E-state index in [4.69, 9.17) is 0 Å². The van der Waals surface area contributed by atoms with Crippen molar-refractivity contribution in [2.45, 2.75) is 32.9 Å². The fourth-order valence-corrected chi connectivity index (χ4v) is 2.90. The number of amides is 2. The summed E-state index contributed by atoms with van der Waals surface area (Å²) >= 11 is 0. The van der Waals surface area contributed by atoms with Crippen molar-refractivity contribution >= 4 is 17.5 Å². The summed E-state index contributed by atoms with van der Waals surface area (Å²) in [6.45, 7) is 8.10. The minimum Gasteiger partial charge on any atom is -0.353 e. The maximum absolute atomic E-state index is 13.7. The highest BCUT2D eigenvalue weighted by Crippen LogP contribution is 2.20. The van der Waals surface area contributed by atoms with E-state index in [0.717, 1.165) is 12.1 Å². The van der Waals surface area contributed by atoms with Gasteiger partial charge in [0, 0.05) is 32.2 Å². The number of rotatable bonds is 6. The van der Waals surface area contributed by atoms with Gasteiger partial charge in [-0.1, -0.05) is 0 Å². The van der Waals surface area contributed by atoms with Gasteiger partial charge in [0.1, 0.15) is 0 Å². The summed E-state index contributed by atoms with van der Waals surface area (Å²) in [7, 11) is 0. The molecule has 1 aliphatic heterocycles. The first-order chi connectivity index (χ1) is 12.7. The Bertz CT molecular complexity index is 691. The third kappa shape index (κ3) is 5.67. The van der Waals surface area contributed by atoms with Gasteiger partial charge in [0.2, 0.25) is 11.8 Å². The molecule has 1 saturated heterocycles. The quantitative estimate of drug-likeness (QED) is 0.729. The number of hydrogen-bond donors (Lipinski definition) is 2. The fourth-order valence-electron chi connectivity index (χ4n) is 2.90. The number of piperazine rings is 1. The number of anilines is 1. The molecule has 1 atom stereocenters. The Kier molecular flexibility index (Phi) is 7.20. The van der Waals surface area contributed by atoms with Crippen LogP contribution in [-0.4, -0.2) is 66.4 Å². The van der Waals surface area contributed by atoms with Crippen LogP contribution in [0, 0.1) is 17.5 Å². The molecular weight excluding hydrogens is 361 g/mol. The predicted octanol–water partition coefficient (Wildman–Crippen LogP) is 1.57. The minimum absolute atomic E-state index is 0.0435. The predicted molar refractivity (Wildman–Crippen MR) is 95.7 cm³/mol. The van der Waals surface area contributed by atoms with Gasteiger partial charge in [-0.05, 0) is 32.9 Å². The molecule has 0 radical (unpaired) electrons. The molecule has 0 spiro atoms. The zero-order valence-electron chi connectivity index (χ0n) is 15.7. The van der Waals surface area contributed by atoms with Crippen LogP contribution in [0.15, 0.2) is 12.1 Å². The summed E-state index contributed by atoms with van der Waals surface area (Å²) in [5, 5.41) is 5.13. The summed E-state index contributed by atoms with van der Waals surface area (Å²) in [6, 6.07) is 1.26. The SMILES string of the molecule is CC(C)NC(=O)CN1CCN(C(C)C(=O)Nc2ccc(F)c(F)c2F)CC1. The van der Waals surface area contributed by atoms with Crippen LogP contribution >= 0.6 is 0 Å². The second kappa shape index (κ2) is 9.18. The van der Waals surface area contributed by atoms with Crippen molar-refractivity contribution in [2.75, 3.05) is 38.0 Å². The molecule has 0 saturated carbocycles. The zero-order chi connectivity index (χ0) is 20.1. The normalized spacial score (nSPS) is 17.0. The molecule has 2 N–H and O–H groups in total. The summed E-state index contributed by atoms with van der Waals surface area (Å²) in [5.41, 5.74) is -0.394. The van der Waals surface area contributed by atoms with Gasteiger partial charge in [-0.25, -0.2) is 13.2 Å². The first-order valence-corrected chi connectivity index (χ1v) is 8.89. The average Bonchev–Trinajstić information content (AvgIpc) is 2.61. The van der Waals surface area contributed by atoms with Crippen LogP contribution in [0.1, 0.15) is 20.8 Å². The van der Waals surface area contributed by atoms with Crippen molar-refractivity contribution in [2.24, 2.45) is 0 Å². The number of nitrogens with one attached hydrogen (secondary N) is 2. The Balaban J connectivity index is 1.86.